The van der Waals surface area contributed by atoms with Crippen LogP contribution < -0.4 is 14.8 Å². The topological polar surface area (TPSA) is 86.8 Å². The lowest BCUT2D eigenvalue weighted by Crippen LogP contribution is -2.21. The van der Waals surface area contributed by atoms with Crippen LogP contribution in [-0.2, 0) is 9.53 Å². The Morgan fingerprint density at radius 3 is 2.83 bits per heavy atom. The first-order valence-corrected chi connectivity index (χ1v) is 10.7. The molecule has 0 radical (unpaired) electrons. The highest BCUT2D eigenvalue weighted by atomic mass is 32.2. The number of nitrogens with zero attached hydrogens (tertiary/aromatic N) is 1. The third-order valence-corrected chi connectivity index (χ3v) is 5.82. The molecule has 8 heteroatoms. The van der Waals surface area contributed by atoms with Gasteiger partial charge in [0, 0.05) is 18.0 Å². The molecule has 0 spiro atoms. The minimum absolute atomic E-state index is 0.0244. The second-order valence-electron chi connectivity index (χ2n) is 6.93. The van der Waals surface area contributed by atoms with Crippen LogP contribution in [0.15, 0.2) is 41.6 Å². The summed E-state index contributed by atoms with van der Waals surface area (Å²) in [7, 11) is 0. The molecule has 4 rings (SSSR count). The summed E-state index contributed by atoms with van der Waals surface area (Å²) in [5.41, 5.74) is 1.02. The molecular formula is C21H22N2O5S. The van der Waals surface area contributed by atoms with Crippen molar-refractivity contribution in [2.75, 3.05) is 17.9 Å². The van der Waals surface area contributed by atoms with Gasteiger partial charge in [-0.15, -0.1) is 0 Å². The maximum Gasteiger partial charge on any atom is 0.341 e. The highest BCUT2D eigenvalue weighted by molar-refractivity contribution is 8.00. The number of carbonyl (C=O) groups excluding carboxylic acids is 2. The minimum atomic E-state index is -0.372. The quantitative estimate of drug-likeness (QED) is 0.564. The van der Waals surface area contributed by atoms with E-state index in [1.165, 1.54) is 18.2 Å². The molecule has 0 unspecified atom stereocenters. The number of rotatable bonds is 6. The Labute approximate surface area is 173 Å². The number of fused-ring (bicyclic) bond motifs is 1. The van der Waals surface area contributed by atoms with Gasteiger partial charge in [0.25, 0.3) is 0 Å². The maximum atomic E-state index is 12.6. The van der Waals surface area contributed by atoms with E-state index in [1.807, 2.05) is 0 Å². The molecule has 1 saturated carbocycles. The molecular weight excluding hydrogens is 392 g/mol. The third kappa shape index (κ3) is 5.00. The Kier molecular flexibility index (Phi) is 6.19. The molecule has 1 aromatic carbocycles. The maximum absolute atomic E-state index is 12.6. The molecule has 0 saturated heterocycles. The van der Waals surface area contributed by atoms with E-state index in [1.54, 1.807) is 36.5 Å². The number of anilines is 1. The number of ether oxygens (including phenoxy) is 3. The van der Waals surface area contributed by atoms with Gasteiger partial charge in [0.2, 0.25) is 12.7 Å². The van der Waals surface area contributed by atoms with Crippen LogP contribution in [0.2, 0.25) is 0 Å². The van der Waals surface area contributed by atoms with Gasteiger partial charge in [-0.05, 0) is 49.9 Å². The van der Waals surface area contributed by atoms with Crippen LogP contribution in [0.1, 0.15) is 42.5 Å². The van der Waals surface area contributed by atoms with Crippen molar-refractivity contribution in [1.82, 2.24) is 4.98 Å². The van der Waals surface area contributed by atoms with Crippen LogP contribution >= 0.6 is 11.8 Å². The summed E-state index contributed by atoms with van der Waals surface area (Å²) in [4.78, 5) is 29.2. The fourth-order valence-electron chi connectivity index (χ4n) is 3.36. The van der Waals surface area contributed by atoms with Gasteiger partial charge in [0.1, 0.15) is 11.1 Å². The zero-order valence-corrected chi connectivity index (χ0v) is 16.7. The van der Waals surface area contributed by atoms with E-state index < -0.39 is 0 Å². The Hall–Kier alpha value is -2.74. The smallest absolute Gasteiger partial charge is 0.341 e. The number of nitrogens with one attached hydrogen (secondary N) is 1. The van der Waals surface area contributed by atoms with Crippen molar-refractivity contribution in [2.24, 2.45) is 0 Å². The van der Waals surface area contributed by atoms with Gasteiger partial charge in [-0.3, -0.25) is 4.79 Å². The second-order valence-corrected chi connectivity index (χ2v) is 7.89. The lowest BCUT2D eigenvalue weighted by atomic mass is 9.98. The van der Waals surface area contributed by atoms with E-state index in [4.69, 9.17) is 14.2 Å². The molecule has 29 heavy (non-hydrogen) atoms. The van der Waals surface area contributed by atoms with Gasteiger partial charge in [0.15, 0.2) is 11.5 Å². The van der Waals surface area contributed by atoms with E-state index in [0.29, 0.717) is 27.8 Å². The molecule has 1 N–H and O–H groups in total. The van der Waals surface area contributed by atoms with Gasteiger partial charge >= 0.3 is 5.97 Å². The SMILES string of the molecule is O=C(CSc1ncccc1C(=O)OC1CCCCC1)Nc1ccc2c(c1)OCO2. The van der Waals surface area contributed by atoms with E-state index >= 15 is 0 Å². The molecule has 0 atom stereocenters. The van der Waals surface area contributed by atoms with Crippen LogP contribution in [0.4, 0.5) is 5.69 Å². The first-order chi connectivity index (χ1) is 14.2. The third-order valence-electron chi connectivity index (χ3n) is 4.81. The number of esters is 1. The number of amides is 1. The van der Waals surface area contributed by atoms with Crippen molar-refractivity contribution in [1.29, 1.82) is 0 Å². The van der Waals surface area contributed by atoms with Crippen molar-refractivity contribution < 1.29 is 23.8 Å². The van der Waals surface area contributed by atoms with E-state index in [-0.39, 0.29) is 30.5 Å². The fraction of sp³-hybridized carbons (Fsp3) is 0.381. The Morgan fingerprint density at radius 2 is 1.97 bits per heavy atom. The summed E-state index contributed by atoms with van der Waals surface area (Å²) >= 11 is 1.21. The summed E-state index contributed by atoms with van der Waals surface area (Å²) in [5.74, 6) is 0.810. The number of pyridine rings is 1. The molecule has 152 valence electrons. The average Bonchev–Trinajstić information content (AvgIpc) is 3.21. The zero-order valence-electron chi connectivity index (χ0n) is 15.9. The summed E-state index contributed by atoms with van der Waals surface area (Å²) in [6.07, 6.45) is 6.78. The van der Waals surface area contributed by atoms with E-state index in [2.05, 4.69) is 10.3 Å². The van der Waals surface area contributed by atoms with Crippen molar-refractivity contribution >= 4 is 29.3 Å². The summed E-state index contributed by atoms with van der Waals surface area (Å²) in [6.45, 7) is 0.183. The van der Waals surface area contributed by atoms with Gasteiger partial charge in [-0.25, -0.2) is 9.78 Å². The average molecular weight is 414 g/mol. The number of aromatic nitrogens is 1. The predicted molar refractivity (Wildman–Crippen MR) is 108 cm³/mol. The van der Waals surface area contributed by atoms with Crippen LogP contribution in [0, 0.1) is 0 Å². The Balaban J connectivity index is 1.34. The first-order valence-electron chi connectivity index (χ1n) is 9.67. The van der Waals surface area contributed by atoms with Gasteiger partial charge < -0.3 is 19.5 Å². The van der Waals surface area contributed by atoms with E-state index in [0.717, 1.165) is 25.7 Å². The first kappa shape index (κ1) is 19.6. The van der Waals surface area contributed by atoms with Gasteiger partial charge in [0.05, 0.1) is 11.3 Å². The Morgan fingerprint density at radius 1 is 1.14 bits per heavy atom. The number of hydrogen-bond donors (Lipinski definition) is 1. The predicted octanol–water partition coefficient (Wildman–Crippen LogP) is 4.03. The number of carbonyl (C=O) groups is 2. The minimum Gasteiger partial charge on any atom is -0.459 e. The molecule has 0 bridgehead atoms. The summed E-state index contributed by atoms with van der Waals surface area (Å²) in [5, 5.41) is 3.31. The van der Waals surface area contributed by atoms with Crippen molar-refractivity contribution in [2.45, 2.75) is 43.2 Å². The number of hydrogen-bond acceptors (Lipinski definition) is 7. The molecule has 2 aromatic rings. The summed E-state index contributed by atoms with van der Waals surface area (Å²) < 4.78 is 16.2. The molecule has 7 nitrogen and oxygen atoms in total. The highest BCUT2D eigenvalue weighted by Gasteiger charge is 2.22. The second kappa shape index (κ2) is 9.17. The van der Waals surface area contributed by atoms with Gasteiger partial charge in [-0.2, -0.15) is 0 Å². The lowest BCUT2D eigenvalue weighted by Gasteiger charge is -2.22. The van der Waals surface area contributed by atoms with Crippen LogP contribution in [0.25, 0.3) is 0 Å². The van der Waals surface area contributed by atoms with Crippen LogP contribution in [0.5, 0.6) is 11.5 Å². The molecule has 1 amide bonds. The highest BCUT2D eigenvalue weighted by Crippen LogP contribution is 2.34. The van der Waals surface area contributed by atoms with Crippen LogP contribution in [-0.4, -0.2) is 35.5 Å². The largest absolute Gasteiger partial charge is 0.459 e. The normalized spacial score (nSPS) is 15.7. The van der Waals surface area contributed by atoms with Crippen molar-refractivity contribution in [3.05, 3.63) is 42.1 Å². The molecule has 1 aliphatic heterocycles. The lowest BCUT2D eigenvalue weighted by molar-refractivity contribution is -0.113. The van der Waals surface area contributed by atoms with Crippen LogP contribution in [0.3, 0.4) is 0 Å². The monoisotopic (exact) mass is 414 g/mol. The van der Waals surface area contributed by atoms with E-state index in [9.17, 15) is 9.59 Å². The van der Waals surface area contributed by atoms with Gasteiger partial charge in [-0.1, -0.05) is 18.2 Å². The summed E-state index contributed by atoms with van der Waals surface area (Å²) in [6, 6.07) is 8.62. The van der Waals surface area contributed by atoms with Crippen molar-refractivity contribution in [3.8, 4) is 11.5 Å². The molecule has 2 aliphatic rings. The molecule has 1 aromatic heterocycles. The number of benzene rings is 1. The number of thioether (sulfide) groups is 1. The molecule has 1 aliphatic carbocycles. The molecule has 1 fully saturated rings. The van der Waals surface area contributed by atoms with Crippen molar-refractivity contribution in [3.63, 3.8) is 0 Å². The zero-order chi connectivity index (χ0) is 20.1. The standard InChI is InChI=1S/C21H22N2O5S/c24-19(23-14-8-9-17-18(11-14)27-13-26-17)12-29-20-16(7-4-10-22-20)21(25)28-15-5-2-1-3-6-15/h4,7-11,15H,1-3,5-6,12-13H2,(H,23,24). The Bertz CT molecular complexity index is 898. The molecule has 2 heterocycles. The fourth-order valence-corrected chi connectivity index (χ4v) is 4.15.